The predicted molar refractivity (Wildman–Crippen MR) is 94.7 cm³/mol. The van der Waals surface area contributed by atoms with Crippen molar-refractivity contribution in [1.29, 1.82) is 0 Å². The van der Waals surface area contributed by atoms with Crippen molar-refractivity contribution in [2.75, 3.05) is 25.0 Å². The standard InChI is InChI=1S/C16H22N6O3S/c1-4-5-13-18-19-16(26-13)22-9-11(8-14(22)23)15(24)21(3)7-6-12-17-10(2)25-20-12/h11H,4-9H2,1-3H3. The van der Waals surface area contributed by atoms with Gasteiger partial charge < -0.3 is 9.42 Å². The van der Waals surface area contributed by atoms with Crippen LogP contribution in [0, 0.1) is 12.8 Å². The molecule has 1 atom stereocenters. The van der Waals surface area contributed by atoms with Crippen molar-refractivity contribution in [2.45, 2.75) is 39.5 Å². The highest BCUT2D eigenvalue weighted by Gasteiger charge is 2.37. The summed E-state index contributed by atoms with van der Waals surface area (Å²) in [6.45, 7) is 4.62. The normalized spacial score (nSPS) is 17.1. The van der Waals surface area contributed by atoms with Crippen molar-refractivity contribution in [1.82, 2.24) is 25.2 Å². The molecule has 10 heteroatoms. The molecule has 0 aromatic carbocycles. The number of carbonyl (C=O) groups is 2. The van der Waals surface area contributed by atoms with Gasteiger partial charge in [0.05, 0.1) is 5.92 Å². The fourth-order valence-electron chi connectivity index (χ4n) is 2.86. The van der Waals surface area contributed by atoms with Gasteiger partial charge in [0, 0.05) is 46.3 Å². The van der Waals surface area contributed by atoms with Crippen LogP contribution in [0.4, 0.5) is 5.13 Å². The lowest BCUT2D eigenvalue weighted by Crippen LogP contribution is -2.36. The number of carbonyl (C=O) groups excluding carboxylic acids is 2. The van der Waals surface area contributed by atoms with Crippen LogP contribution in [0.5, 0.6) is 0 Å². The summed E-state index contributed by atoms with van der Waals surface area (Å²) in [6, 6.07) is 0. The molecule has 2 amide bonds. The SMILES string of the molecule is CCCc1nnc(N2CC(C(=O)N(C)CCc3noc(C)n3)CC2=O)s1. The van der Waals surface area contributed by atoms with Gasteiger partial charge in [0.2, 0.25) is 22.8 Å². The third-order valence-corrected chi connectivity index (χ3v) is 5.25. The summed E-state index contributed by atoms with van der Waals surface area (Å²) in [7, 11) is 1.73. The van der Waals surface area contributed by atoms with Crippen LogP contribution in [0.15, 0.2) is 4.52 Å². The average Bonchev–Trinajstić information content (AvgIpc) is 3.32. The molecule has 3 heterocycles. The number of hydrogen-bond donors (Lipinski definition) is 0. The Kier molecular flexibility index (Phi) is 5.60. The maximum atomic E-state index is 12.7. The van der Waals surface area contributed by atoms with E-state index >= 15 is 0 Å². The summed E-state index contributed by atoms with van der Waals surface area (Å²) in [5, 5.41) is 13.5. The maximum absolute atomic E-state index is 12.7. The quantitative estimate of drug-likeness (QED) is 0.713. The minimum atomic E-state index is -0.363. The second-order valence-electron chi connectivity index (χ2n) is 6.37. The molecule has 1 fully saturated rings. The molecule has 0 radical (unpaired) electrons. The van der Waals surface area contributed by atoms with Gasteiger partial charge in [0.1, 0.15) is 5.01 Å². The average molecular weight is 378 g/mol. The monoisotopic (exact) mass is 378 g/mol. The molecule has 2 aromatic rings. The van der Waals surface area contributed by atoms with Gasteiger partial charge in [-0.1, -0.05) is 23.4 Å². The van der Waals surface area contributed by atoms with E-state index in [4.69, 9.17) is 4.52 Å². The summed E-state index contributed by atoms with van der Waals surface area (Å²) in [5.74, 6) is 0.580. The van der Waals surface area contributed by atoms with Crippen LogP contribution >= 0.6 is 11.3 Å². The smallest absolute Gasteiger partial charge is 0.229 e. The molecule has 0 aliphatic carbocycles. The Morgan fingerprint density at radius 1 is 1.38 bits per heavy atom. The Bertz CT molecular complexity index is 789. The molecule has 1 unspecified atom stereocenters. The number of rotatable bonds is 7. The van der Waals surface area contributed by atoms with Crippen molar-refractivity contribution < 1.29 is 14.1 Å². The lowest BCUT2D eigenvalue weighted by molar-refractivity contribution is -0.134. The highest BCUT2D eigenvalue weighted by Crippen LogP contribution is 2.29. The van der Waals surface area contributed by atoms with E-state index in [1.54, 1.807) is 23.8 Å². The van der Waals surface area contributed by atoms with Crippen LogP contribution < -0.4 is 4.90 Å². The van der Waals surface area contributed by atoms with Crippen molar-refractivity contribution in [3.05, 3.63) is 16.7 Å². The topological polar surface area (TPSA) is 105 Å². The summed E-state index contributed by atoms with van der Waals surface area (Å²) in [5.41, 5.74) is 0. The first-order valence-electron chi connectivity index (χ1n) is 8.64. The van der Waals surface area contributed by atoms with Gasteiger partial charge in [-0.05, 0) is 6.42 Å². The Balaban J connectivity index is 1.57. The Hall–Kier alpha value is -2.36. The van der Waals surface area contributed by atoms with Crippen LogP contribution in [0.2, 0.25) is 0 Å². The molecule has 140 valence electrons. The number of aromatic nitrogens is 4. The van der Waals surface area contributed by atoms with Gasteiger partial charge in [0.25, 0.3) is 0 Å². The van der Waals surface area contributed by atoms with Gasteiger partial charge in [-0.25, -0.2) is 0 Å². The van der Waals surface area contributed by atoms with Crippen molar-refractivity contribution in [3.8, 4) is 0 Å². The fraction of sp³-hybridized carbons (Fsp3) is 0.625. The third-order valence-electron chi connectivity index (χ3n) is 4.24. The number of aryl methyl sites for hydroxylation is 2. The fourth-order valence-corrected chi connectivity index (χ4v) is 3.83. The van der Waals surface area contributed by atoms with E-state index in [1.807, 2.05) is 0 Å². The molecule has 2 aromatic heterocycles. The van der Waals surface area contributed by atoms with Crippen LogP contribution in [-0.4, -0.2) is 57.2 Å². The highest BCUT2D eigenvalue weighted by molar-refractivity contribution is 7.15. The van der Waals surface area contributed by atoms with Gasteiger partial charge in [0.15, 0.2) is 5.82 Å². The minimum absolute atomic E-state index is 0.0561. The maximum Gasteiger partial charge on any atom is 0.229 e. The van der Waals surface area contributed by atoms with Crippen molar-refractivity contribution in [3.63, 3.8) is 0 Å². The zero-order chi connectivity index (χ0) is 18.7. The summed E-state index contributed by atoms with van der Waals surface area (Å²) in [4.78, 5) is 32.3. The van der Waals surface area contributed by atoms with E-state index in [0.717, 1.165) is 17.8 Å². The lowest BCUT2D eigenvalue weighted by atomic mass is 10.1. The first kappa shape index (κ1) is 18.4. The van der Waals surface area contributed by atoms with Crippen LogP contribution in [-0.2, 0) is 22.4 Å². The largest absolute Gasteiger partial charge is 0.345 e. The number of likely N-dealkylation sites (N-methyl/N-ethyl adjacent to an activating group) is 1. The second-order valence-corrected chi connectivity index (χ2v) is 7.41. The van der Waals surface area contributed by atoms with Gasteiger partial charge in [-0.15, -0.1) is 10.2 Å². The summed E-state index contributed by atoms with van der Waals surface area (Å²) in [6.07, 6.45) is 2.54. The van der Waals surface area contributed by atoms with Gasteiger partial charge in [-0.2, -0.15) is 4.98 Å². The van der Waals surface area contributed by atoms with Crippen molar-refractivity contribution in [2.24, 2.45) is 5.92 Å². The van der Waals surface area contributed by atoms with E-state index in [1.165, 1.54) is 11.3 Å². The molecule has 26 heavy (non-hydrogen) atoms. The molecule has 1 aliphatic heterocycles. The number of anilines is 1. The van der Waals surface area contributed by atoms with Gasteiger partial charge >= 0.3 is 0 Å². The Morgan fingerprint density at radius 2 is 2.19 bits per heavy atom. The van der Waals surface area contributed by atoms with E-state index in [9.17, 15) is 9.59 Å². The van der Waals surface area contributed by atoms with Crippen molar-refractivity contribution >= 4 is 28.3 Å². The molecular weight excluding hydrogens is 356 g/mol. The first-order chi connectivity index (χ1) is 12.5. The molecule has 1 saturated heterocycles. The lowest BCUT2D eigenvalue weighted by Gasteiger charge is -2.20. The van der Waals surface area contributed by atoms with Crippen LogP contribution in [0.25, 0.3) is 0 Å². The molecule has 0 spiro atoms. The predicted octanol–water partition coefficient (Wildman–Crippen LogP) is 1.24. The molecule has 0 bridgehead atoms. The Morgan fingerprint density at radius 3 is 2.88 bits per heavy atom. The van der Waals surface area contributed by atoms with E-state index in [2.05, 4.69) is 27.3 Å². The summed E-state index contributed by atoms with van der Waals surface area (Å²) >= 11 is 1.42. The zero-order valence-electron chi connectivity index (χ0n) is 15.1. The van der Waals surface area contributed by atoms with Crippen LogP contribution in [0.3, 0.4) is 0 Å². The third kappa shape index (κ3) is 4.06. The Labute approximate surface area is 155 Å². The van der Waals surface area contributed by atoms with E-state index < -0.39 is 0 Å². The molecule has 0 saturated carbocycles. The molecule has 1 aliphatic rings. The number of hydrogen-bond acceptors (Lipinski definition) is 8. The first-order valence-corrected chi connectivity index (χ1v) is 9.46. The summed E-state index contributed by atoms with van der Waals surface area (Å²) < 4.78 is 4.93. The van der Waals surface area contributed by atoms with Gasteiger partial charge in [-0.3, -0.25) is 14.5 Å². The molecule has 0 N–H and O–H groups in total. The van der Waals surface area contributed by atoms with E-state index in [0.29, 0.717) is 36.4 Å². The molecular formula is C16H22N6O3S. The number of nitrogens with zero attached hydrogens (tertiary/aromatic N) is 6. The second kappa shape index (κ2) is 7.90. The zero-order valence-corrected chi connectivity index (χ0v) is 16.0. The highest BCUT2D eigenvalue weighted by atomic mass is 32.1. The van der Waals surface area contributed by atoms with Crippen LogP contribution in [0.1, 0.15) is 36.5 Å². The minimum Gasteiger partial charge on any atom is -0.345 e. The molecule has 3 rings (SSSR count). The number of amides is 2. The molecule has 9 nitrogen and oxygen atoms in total. The van der Waals surface area contributed by atoms with E-state index in [-0.39, 0.29) is 24.2 Å².